The first-order chi connectivity index (χ1) is 8.54. The van der Waals surface area contributed by atoms with Crippen molar-refractivity contribution in [3.63, 3.8) is 0 Å². The van der Waals surface area contributed by atoms with E-state index in [1.165, 1.54) is 31.2 Å². The molecule has 1 aliphatic carbocycles. The van der Waals surface area contributed by atoms with Crippen molar-refractivity contribution in [2.75, 3.05) is 0 Å². The van der Waals surface area contributed by atoms with Gasteiger partial charge in [-0.2, -0.15) is 0 Å². The lowest BCUT2D eigenvalue weighted by molar-refractivity contribution is -0.0833. The molecule has 1 aromatic rings. The summed E-state index contributed by atoms with van der Waals surface area (Å²) in [6, 6.07) is 10.8. The number of rotatable bonds is 4. The molecule has 1 aliphatic rings. The van der Waals surface area contributed by atoms with Gasteiger partial charge in [-0.1, -0.05) is 43.2 Å². The maximum atomic E-state index is 6.33. The molecular formula is C17H26O. The molecule has 1 atom stereocenters. The minimum Gasteiger partial charge on any atom is -0.372 e. The molecule has 0 unspecified atom stereocenters. The number of hydrogen-bond donors (Lipinski definition) is 0. The summed E-state index contributed by atoms with van der Waals surface area (Å²) in [7, 11) is 0. The third kappa shape index (κ3) is 4.13. The Morgan fingerprint density at radius 3 is 2.28 bits per heavy atom. The third-order valence-electron chi connectivity index (χ3n) is 3.71. The van der Waals surface area contributed by atoms with Crippen LogP contribution in [0.25, 0.3) is 0 Å². The van der Waals surface area contributed by atoms with Crippen LogP contribution in [0.2, 0.25) is 0 Å². The lowest BCUT2D eigenvalue weighted by Gasteiger charge is -2.31. The van der Waals surface area contributed by atoms with Gasteiger partial charge in [-0.25, -0.2) is 0 Å². The van der Waals surface area contributed by atoms with Crippen LogP contribution in [0.1, 0.15) is 52.0 Å². The Labute approximate surface area is 112 Å². The zero-order valence-electron chi connectivity index (χ0n) is 12.0. The Morgan fingerprint density at radius 1 is 1.11 bits per heavy atom. The largest absolute Gasteiger partial charge is 0.372 e. The molecular weight excluding hydrogens is 220 g/mol. The molecule has 0 bridgehead atoms. The second kappa shape index (κ2) is 5.88. The van der Waals surface area contributed by atoms with Gasteiger partial charge in [0.15, 0.2) is 0 Å². The summed E-state index contributed by atoms with van der Waals surface area (Å²) < 4.78 is 6.33. The van der Waals surface area contributed by atoms with Gasteiger partial charge >= 0.3 is 0 Å². The first-order valence-electron chi connectivity index (χ1n) is 7.26. The van der Waals surface area contributed by atoms with E-state index in [9.17, 15) is 0 Å². The van der Waals surface area contributed by atoms with Crippen molar-refractivity contribution in [1.82, 2.24) is 0 Å². The van der Waals surface area contributed by atoms with Crippen molar-refractivity contribution in [3.05, 3.63) is 35.9 Å². The highest BCUT2D eigenvalue weighted by Gasteiger charge is 2.29. The Hall–Kier alpha value is -0.820. The van der Waals surface area contributed by atoms with Crippen LogP contribution < -0.4 is 0 Å². The van der Waals surface area contributed by atoms with E-state index in [2.05, 4.69) is 51.1 Å². The molecule has 100 valence electrons. The average molecular weight is 246 g/mol. The lowest BCUT2D eigenvalue weighted by atomic mass is 9.94. The monoisotopic (exact) mass is 246 g/mol. The molecule has 1 aromatic carbocycles. The average Bonchev–Trinajstić information content (AvgIpc) is 2.81. The first-order valence-corrected chi connectivity index (χ1v) is 7.26. The van der Waals surface area contributed by atoms with Gasteiger partial charge in [-0.15, -0.1) is 0 Å². The van der Waals surface area contributed by atoms with Gasteiger partial charge in [-0.3, -0.25) is 0 Å². The van der Waals surface area contributed by atoms with Crippen molar-refractivity contribution in [2.45, 2.75) is 64.6 Å². The minimum absolute atomic E-state index is 0.0396. The molecule has 1 heteroatoms. The third-order valence-corrected chi connectivity index (χ3v) is 3.71. The van der Waals surface area contributed by atoms with E-state index in [4.69, 9.17) is 4.74 Å². The Bertz CT molecular complexity index is 344. The molecule has 0 saturated heterocycles. The molecule has 0 heterocycles. The molecule has 0 radical (unpaired) electrons. The fourth-order valence-electron chi connectivity index (χ4n) is 2.93. The first kappa shape index (κ1) is 13.6. The topological polar surface area (TPSA) is 9.23 Å². The Kier molecular flexibility index (Phi) is 4.45. The standard InChI is InChI=1S/C17H26O/c1-17(2,3)18-16(15-11-7-8-12-15)13-14-9-5-4-6-10-14/h4-6,9-10,15-16H,7-8,11-13H2,1-3H3/t16-/m1/s1. The predicted octanol–water partition coefficient (Wildman–Crippen LogP) is 4.60. The molecule has 1 fully saturated rings. The van der Waals surface area contributed by atoms with Gasteiger partial charge in [0, 0.05) is 0 Å². The second-order valence-corrected chi connectivity index (χ2v) is 6.50. The van der Waals surface area contributed by atoms with E-state index < -0.39 is 0 Å². The summed E-state index contributed by atoms with van der Waals surface area (Å²) in [5.41, 5.74) is 1.36. The molecule has 0 aromatic heterocycles. The molecule has 0 spiro atoms. The van der Waals surface area contributed by atoms with Crippen molar-refractivity contribution in [2.24, 2.45) is 5.92 Å². The maximum Gasteiger partial charge on any atom is 0.0650 e. The van der Waals surface area contributed by atoms with Crippen molar-refractivity contribution in [1.29, 1.82) is 0 Å². The molecule has 1 nitrogen and oxygen atoms in total. The quantitative estimate of drug-likeness (QED) is 0.754. The van der Waals surface area contributed by atoms with Crippen LogP contribution in [-0.2, 0) is 11.2 Å². The van der Waals surface area contributed by atoms with E-state index in [1.807, 2.05) is 0 Å². The molecule has 18 heavy (non-hydrogen) atoms. The van der Waals surface area contributed by atoms with E-state index in [-0.39, 0.29) is 5.60 Å². The highest BCUT2D eigenvalue weighted by Crippen LogP contribution is 2.32. The number of benzene rings is 1. The van der Waals surface area contributed by atoms with Gasteiger partial charge in [0.05, 0.1) is 11.7 Å². The zero-order valence-corrected chi connectivity index (χ0v) is 12.0. The fourth-order valence-corrected chi connectivity index (χ4v) is 2.93. The summed E-state index contributed by atoms with van der Waals surface area (Å²) in [4.78, 5) is 0. The Morgan fingerprint density at radius 2 is 1.72 bits per heavy atom. The summed E-state index contributed by atoms with van der Waals surface area (Å²) in [6.45, 7) is 6.50. The summed E-state index contributed by atoms with van der Waals surface area (Å²) in [5.74, 6) is 0.754. The molecule has 0 amide bonds. The summed E-state index contributed by atoms with van der Waals surface area (Å²) in [5, 5.41) is 0. The van der Waals surface area contributed by atoms with Crippen LogP contribution in [-0.4, -0.2) is 11.7 Å². The van der Waals surface area contributed by atoms with Crippen LogP contribution in [0.4, 0.5) is 0 Å². The Balaban J connectivity index is 2.04. The van der Waals surface area contributed by atoms with Crippen molar-refractivity contribution < 1.29 is 4.74 Å². The molecule has 1 saturated carbocycles. The second-order valence-electron chi connectivity index (χ2n) is 6.50. The predicted molar refractivity (Wildman–Crippen MR) is 76.7 cm³/mol. The number of ether oxygens (including phenoxy) is 1. The minimum atomic E-state index is -0.0396. The van der Waals surface area contributed by atoms with Gasteiger partial charge < -0.3 is 4.74 Å². The van der Waals surface area contributed by atoms with Crippen LogP contribution in [0.3, 0.4) is 0 Å². The highest BCUT2D eigenvalue weighted by molar-refractivity contribution is 5.15. The van der Waals surface area contributed by atoms with E-state index in [0.29, 0.717) is 6.10 Å². The highest BCUT2D eigenvalue weighted by atomic mass is 16.5. The number of hydrogen-bond acceptors (Lipinski definition) is 1. The SMILES string of the molecule is CC(C)(C)O[C@H](Cc1ccccc1)C1CCCC1. The van der Waals surface area contributed by atoms with E-state index >= 15 is 0 Å². The summed E-state index contributed by atoms with van der Waals surface area (Å²) in [6.07, 6.45) is 6.88. The fraction of sp³-hybridized carbons (Fsp3) is 0.647. The van der Waals surface area contributed by atoms with Crippen LogP contribution in [0.15, 0.2) is 30.3 Å². The van der Waals surface area contributed by atoms with Crippen LogP contribution >= 0.6 is 0 Å². The normalized spacial score (nSPS) is 19.1. The van der Waals surface area contributed by atoms with Gasteiger partial charge in [0.25, 0.3) is 0 Å². The van der Waals surface area contributed by atoms with Crippen molar-refractivity contribution in [3.8, 4) is 0 Å². The summed E-state index contributed by atoms with van der Waals surface area (Å²) >= 11 is 0. The van der Waals surface area contributed by atoms with Gasteiger partial charge in [0.1, 0.15) is 0 Å². The van der Waals surface area contributed by atoms with E-state index in [0.717, 1.165) is 12.3 Å². The van der Waals surface area contributed by atoms with Crippen molar-refractivity contribution >= 4 is 0 Å². The van der Waals surface area contributed by atoms with Gasteiger partial charge in [0.2, 0.25) is 0 Å². The van der Waals surface area contributed by atoms with Crippen LogP contribution in [0, 0.1) is 5.92 Å². The van der Waals surface area contributed by atoms with E-state index in [1.54, 1.807) is 0 Å². The smallest absolute Gasteiger partial charge is 0.0650 e. The lowest BCUT2D eigenvalue weighted by Crippen LogP contribution is -2.33. The molecule has 2 rings (SSSR count). The molecule has 0 N–H and O–H groups in total. The molecule has 0 aliphatic heterocycles. The van der Waals surface area contributed by atoms with Crippen LogP contribution in [0.5, 0.6) is 0 Å². The maximum absolute atomic E-state index is 6.33. The zero-order chi connectivity index (χ0) is 13.0. The van der Waals surface area contributed by atoms with Gasteiger partial charge in [-0.05, 0) is 51.5 Å².